The number of esters is 1. The van der Waals surface area contributed by atoms with E-state index in [-0.39, 0.29) is 46.3 Å². The maximum absolute atomic E-state index is 13.1. The topological polar surface area (TPSA) is 158 Å². The van der Waals surface area contributed by atoms with Crippen molar-refractivity contribution in [1.82, 2.24) is 19.5 Å². The van der Waals surface area contributed by atoms with E-state index in [1.54, 1.807) is 41.2 Å². The lowest BCUT2D eigenvalue weighted by atomic mass is 10.1. The van der Waals surface area contributed by atoms with Crippen LogP contribution < -0.4 is 5.32 Å². The Hall–Kier alpha value is -3.78. The van der Waals surface area contributed by atoms with E-state index in [1.165, 1.54) is 18.7 Å². The molecule has 51 heavy (non-hydrogen) atoms. The van der Waals surface area contributed by atoms with Gasteiger partial charge in [0.05, 0.1) is 19.2 Å². The van der Waals surface area contributed by atoms with Gasteiger partial charge in [0.15, 0.2) is 30.0 Å². The minimum atomic E-state index is -3.08. The fraction of sp³-hybridized carbons (Fsp3) is 0.514. The predicted octanol–water partition coefficient (Wildman–Crippen LogP) is 6.73. The average Bonchev–Trinajstić information content (AvgIpc) is 3.85. The lowest BCUT2D eigenvalue weighted by Gasteiger charge is -2.51. The van der Waals surface area contributed by atoms with Crippen LogP contribution in [0.2, 0.25) is 22.2 Å². The number of ether oxygens (including phenoxy) is 3. The summed E-state index contributed by atoms with van der Waals surface area (Å²) < 4.78 is 47.3. The van der Waals surface area contributed by atoms with Crippen LogP contribution in [0, 0.1) is 0 Å². The number of nitrogens with one attached hydrogen (secondary N) is 1. The van der Waals surface area contributed by atoms with Crippen LogP contribution in [-0.4, -0.2) is 80.2 Å². The van der Waals surface area contributed by atoms with Crippen molar-refractivity contribution in [2.75, 3.05) is 18.7 Å². The third-order valence-corrected chi connectivity index (χ3v) is 19.9. The van der Waals surface area contributed by atoms with E-state index in [1.807, 2.05) is 6.07 Å². The van der Waals surface area contributed by atoms with Crippen LogP contribution in [-0.2, 0) is 27.2 Å². The van der Waals surface area contributed by atoms with E-state index in [4.69, 9.17) is 31.6 Å². The monoisotopic (exact) mass is 737 g/mol. The van der Waals surface area contributed by atoms with Crippen molar-refractivity contribution in [3.63, 3.8) is 0 Å². The van der Waals surface area contributed by atoms with Crippen molar-refractivity contribution < 1.29 is 41.2 Å². The predicted molar refractivity (Wildman–Crippen MR) is 191 cm³/mol. The fourth-order valence-electron chi connectivity index (χ4n) is 7.05. The Bertz CT molecular complexity index is 1790. The summed E-state index contributed by atoms with van der Waals surface area (Å²) in [6, 6.07) is 12.0. The zero-order valence-electron chi connectivity index (χ0n) is 30.3. The van der Waals surface area contributed by atoms with Gasteiger partial charge in [0, 0.05) is 5.56 Å². The molecule has 1 aromatic carbocycles. The van der Waals surface area contributed by atoms with Crippen molar-refractivity contribution in [3.8, 4) is 0 Å². The summed E-state index contributed by atoms with van der Waals surface area (Å²) in [5, 5.41) is 2.85. The van der Waals surface area contributed by atoms with Gasteiger partial charge in [-0.05, 0) is 46.4 Å². The number of benzene rings is 1. The summed E-state index contributed by atoms with van der Waals surface area (Å²) in [4.78, 5) is 39.2. The van der Waals surface area contributed by atoms with Crippen LogP contribution in [0.15, 0.2) is 65.8 Å². The lowest BCUT2D eigenvalue weighted by molar-refractivity contribution is -0.121. The van der Waals surface area contributed by atoms with E-state index in [2.05, 4.69) is 75.7 Å². The van der Waals surface area contributed by atoms with Crippen LogP contribution in [0.3, 0.4) is 0 Å². The van der Waals surface area contributed by atoms with E-state index in [9.17, 15) is 9.59 Å². The summed E-state index contributed by atoms with van der Waals surface area (Å²) >= 11 is 0. The molecule has 2 fully saturated rings. The first-order valence-electron chi connectivity index (χ1n) is 17.4. The number of amides is 1. The van der Waals surface area contributed by atoms with Gasteiger partial charge in [-0.1, -0.05) is 73.6 Å². The van der Waals surface area contributed by atoms with Crippen molar-refractivity contribution in [3.05, 3.63) is 72.7 Å². The third-order valence-electron chi connectivity index (χ3n) is 9.69. The van der Waals surface area contributed by atoms with Crippen molar-refractivity contribution >= 4 is 46.0 Å². The van der Waals surface area contributed by atoms with E-state index in [0.29, 0.717) is 16.7 Å². The molecule has 0 spiro atoms. The molecule has 2 saturated heterocycles. The van der Waals surface area contributed by atoms with E-state index in [0.717, 1.165) is 0 Å². The molecule has 6 rings (SSSR count). The minimum Gasteiger partial charge on any atom is -0.457 e. The molecule has 1 N–H and O–H groups in total. The second-order valence-electron chi connectivity index (χ2n) is 14.1. The molecule has 16 heteroatoms. The summed E-state index contributed by atoms with van der Waals surface area (Å²) in [5.74, 6) is -0.714. The Morgan fingerprint density at radius 2 is 1.63 bits per heavy atom. The number of aromatic nitrogens is 4. The summed E-state index contributed by atoms with van der Waals surface area (Å²) in [5.41, 5.74) is 1.63. The highest BCUT2D eigenvalue weighted by Gasteiger charge is 2.62. The third kappa shape index (κ3) is 7.05. The molecule has 4 atom stereocenters. The Morgan fingerprint density at radius 1 is 0.922 bits per heavy atom. The molecule has 2 aliphatic heterocycles. The van der Waals surface area contributed by atoms with Crippen molar-refractivity contribution in [2.24, 2.45) is 0 Å². The Labute approximate surface area is 299 Å². The Morgan fingerprint density at radius 3 is 2.27 bits per heavy atom. The fourth-order valence-corrected chi connectivity index (χ4v) is 18.3. The van der Waals surface area contributed by atoms with Crippen LogP contribution in [0.5, 0.6) is 0 Å². The highest BCUT2D eigenvalue weighted by atomic mass is 28.5. The van der Waals surface area contributed by atoms with Gasteiger partial charge < -0.3 is 36.9 Å². The van der Waals surface area contributed by atoms with Crippen molar-refractivity contribution in [2.45, 2.75) is 102 Å². The van der Waals surface area contributed by atoms with E-state index < -0.39 is 54.4 Å². The Kier molecular flexibility index (Phi) is 10.9. The van der Waals surface area contributed by atoms with Gasteiger partial charge in [0.25, 0.3) is 5.91 Å². The molecule has 14 nitrogen and oxygen atoms in total. The number of anilines is 1. The molecule has 4 aromatic rings. The number of carbonyl (C=O) groups is 2. The smallest absolute Gasteiger partial charge is 0.376 e. The molecule has 0 bridgehead atoms. The molecule has 2 aliphatic rings. The zero-order chi connectivity index (χ0) is 36.5. The van der Waals surface area contributed by atoms with Gasteiger partial charge in [0.2, 0.25) is 5.76 Å². The molecule has 3 aromatic heterocycles. The number of imidazole rings is 1. The zero-order valence-corrected chi connectivity index (χ0v) is 32.3. The number of hydrogen-bond acceptors (Lipinski definition) is 12. The molecule has 0 unspecified atom stereocenters. The summed E-state index contributed by atoms with van der Waals surface area (Å²) in [7, 11) is -5.95. The molecule has 5 heterocycles. The first-order valence-corrected chi connectivity index (χ1v) is 21.4. The lowest BCUT2D eigenvalue weighted by Crippen LogP contribution is -2.66. The maximum atomic E-state index is 13.1. The molecule has 0 saturated carbocycles. The van der Waals surface area contributed by atoms with Crippen LogP contribution in [0.1, 0.15) is 82.5 Å². The van der Waals surface area contributed by atoms with Gasteiger partial charge in [-0.15, -0.1) is 0 Å². The standard InChI is InChI=1S/C35H47N5O9Si2/c1-21(2)50(22(3)4)46-17-27-29(48-51(49-50,23(5)6)24(7)8)30(44-20-45-35(42)26-15-12-16-43-26)34(47-27)40-19-38-28-31(36-18-37-32(28)40)39-33(41)25-13-10-9-11-14-25/h9-16,18-19,21-24,27,29-30,34H,17,20H2,1-8H3,(H,36,37,39,41)/t27-,29-,30-,34-/m1/s1. The summed E-state index contributed by atoms with van der Waals surface area (Å²) in [6.45, 7) is 17.0. The first-order chi connectivity index (χ1) is 24.4. The normalized spacial score (nSPS) is 23.1. The molecule has 274 valence electrons. The molecule has 1 amide bonds. The van der Waals surface area contributed by atoms with Gasteiger partial charge >= 0.3 is 23.1 Å². The maximum Gasteiger partial charge on any atom is 0.376 e. The average molecular weight is 738 g/mol. The number of rotatable bonds is 11. The highest BCUT2D eigenvalue weighted by Crippen LogP contribution is 2.49. The second kappa shape index (κ2) is 15.1. The van der Waals surface area contributed by atoms with Gasteiger partial charge in [-0.2, -0.15) is 0 Å². The molecule has 0 aliphatic carbocycles. The highest BCUT2D eigenvalue weighted by molar-refractivity contribution is 6.84. The van der Waals surface area contributed by atoms with E-state index >= 15 is 0 Å². The summed E-state index contributed by atoms with van der Waals surface area (Å²) in [6.07, 6.45) is 1.41. The van der Waals surface area contributed by atoms with Crippen molar-refractivity contribution in [1.29, 1.82) is 0 Å². The van der Waals surface area contributed by atoms with Gasteiger partial charge in [-0.3, -0.25) is 9.36 Å². The van der Waals surface area contributed by atoms with Crippen LogP contribution in [0.4, 0.5) is 5.82 Å². The quantitative estimate of drug-likeness (QED) is 0.0985. The number of hydrogen-bond donors (Lipinski definition) is 1. The minimum absolute atomic E-state index is 0.0526. The number of furan rings is 1. The number of carbonyl (C=O) groups excluding carboxylic acids is 2. The largest absolute Gasteiger partial charge is 0.457 e. The van der Waals surface area contributed by atoms with Crippen LogP contribution in [0.25, 0.3) is 11.2 Å². The Balaban J connectivity index is 1.38. The molecular formula is C35H47N5O9Si2. The van der Waals surface area contributed by atoms with Gasteiger partial charge in [0.1, 0.15) is 24.6 Å². The number of fused-ring (bicyclic) bond motifs is 2. The molecular weight excluding hydrogens is 691 g/mol. The number of nitrogens with zero attached hydrogens (tertiary/aromatic N) is 4. The first kappa shape index (κ1) is 37.0. The SMILES string of the molecule is CC(C)[Si]1(C(C)C)OC[C@H]2O[C@@H](n3cnc4c(NC(=O)c5ccccc5)ncnc43)[C@H](OCOC(=O)c3ccco3)[C@@H]2O[Si](C(C)C)(C(C)C)O1. The van der Waals surface area contributed by atoms with Crippen LogP contribution >= 0.6 is 0 Å². The molecule has 0 radical (unpaired) electrons. The van der Waals surface area contributed by atoms with Gasteiger partial charge in [-0.25, -0.2) is 19.7 Å². The second-order valence-corrected chi connectivity index (χ2v) is 23.0.